The van der Waals surface area contributed by atoms with Crippen molar-refractivity contribution in [1.29, 1.82) is 0 Å². The van der Waals surface area contributed by atoms with Gasteiger partial charge >= 0.3 is 0 Å². The van der Waals surface area contributed by atoms with Gasteiger partial charge in [-0.1, -0.05) is 30.7 Å². The van der Waals surface area contributed by atoms with E-state index in [4.69, 9.17) is 10.5 Å². The third-order valence-corrected chi connectivity index (χ3v) is 4.25. The predicted molar refractivity (Wildman–Crippen MR) is 83.9 cm³/mol. The molecular formula is C18H19NO2. The lowest BCUT2D eigenvalue weighted by Crippen LogP contribution is -2.15. The standard InChI is InChI=1S/C18H19NO2/c1-21-13-9-10-16(17(19)11-13)18(20)15-8-3-2-7-14(15)12-5-4-6-12/h2-3,7-12H,4-6,19H2,1H3. The molecule has 0 aliphatic heterocycles. The Labute approximate surface area is 124 Å². The van der Waals surface area contributed by atoms with Crippen LogP contribution in [0.25, 0.3) is 0 Å². The van der Waals surface area contributed by atoms with Gasteiger partial charge in [0.25, 0.3) is 0 Å². The number of hydrogen-bond acceptors (Lipinski definition) is 3. The number of carbonyl (C=O) groups excluding carboxylic acids is 1. The van der Waals surface area contributed by atoms with Crippen molar-refractivity contribution in [3.63, 3.8) is 0 Å². The minimum absolute atomic E-state index is 0.00217. The Bertz CT molecular complexity index is 675. The monoisotopic (exact) mass is 281 g/mol. The fourth-order valence-electron chi connectivity index (χ4n) is 2.80. The van der Waals surface area contributed by atoms with E-state index in [1.54, 1.807) is 25.3 Å². The van der Waals surface area contributed by atoms with Crippen LogP contribution in [-0.4, -0.2) is 12.9 Å². The molecule has 0 heterocycles. The maximum atomic E-state index is 12.8. The number of methoxy groups -OCH3 is 1. The first-order valence-corrected chi connectivity index (χ1v) is 7.28. The summed E-state index contributed by atoms with van der Waals surface area (Å²) >= 11 is 0. The van der Waals surface area contributed by atoms with Gasteiger partial charge in [0.2, 0.25) is 0 Å². The number of rotatable bonds is 4. The molecule has 108 valence electrons. The molecule has 0 radical (unpaired) electrons. The normalized spacial score (nSPS) is 14.5. The van der Waals surface area contributed by atoms with E-state index in [0.717, 1.165) is 11.1 Å². The molecule has 0 amide bonds. The Morgan fingerprint density at radius 2 is 1.90 bits per heavy atom. The van der Waals surface area contributed by atoms with Gasteiger partial charge in [0, 0.05) is 22.9 Å². The first kappa shape index (κ1) is 13.7. The second kappa shape index (κ2) is 5.60. The van der Waals surface area contributed by atoms with Crippen molar-refractivity contribution < 1.29 is 9.53 Å². The summed E-state index contributed by atoms with van der Waals surface area (Å²) in [6, 6.07) is 13.1. The minimum atomic E-state index is -0.00217. The van der Waals surface area contributed by atoms with Crippen molar-refractivity contribution in [1.82, 2.24) is 0 Å². The van der Waals surface area contributed by atoms with Gasteiger partial charge in [0.1, 0.15) is 5.75 Å². The fraction of sp³-hybridized carbons (Fsp3) is 0.278. The zero-order valence-electron chi connectivity index (χ0n) is 12.1. The number of ketones is 1. The molecule has 3 heteroatoms. The molecule has 0 spiro atoms. The summed E-state index contributed by atoms with van der Waals surface area (Å²) < 4.78 is 5.13. The van der Waals surface area contributed by atoms with E-state index in [0.29, 0.717) is 22.9 Å². The molecule has 0 aromatic heterocycles. The molecule has 0 atom stereocenters. The molecule has 1 aliphatic carbocycles. The number of anilines is 1. The van der Waals surface area contributed by atoms with Gasteiger partial charge < -0.3 is 10.5 Å². The summed E-state index contributed by atoms with van der Waals surface area (Å²) in [5.74, 6) is 1.18. The zero-order chi connectivity index (χ0) is 14.8. The molecule has 0 saturated heterocycles. The highest BCUT2D eigenvalue weighted by Crippen LogP contribution is 2.38. The minimum Gasteiger partial charge on any atom is -0.497 e. The van der Waals surface area contributed by atoms with Crippen molar-refractivity contribution in [2.24, 2.45) is 0 Å². The van der Waals surface area contributed by atoms with Gasteiger partial charge in [-0.2, -0.15) is 0 Å². The van der Waals surface area contributed by atoms with Gasteiger partial charge in [-0.15, -0.1) is 0 Å². The summed E-state index contributed by atoms with van der Waals surface area (Å²) in [7, 11) is 1.59. The number of benzene rings is 2. The number of nitrogens with two attached hydrogens (primary N) is 1. The molecule has 2 N–H and O–H groups in total. The topological polar surface area (TPSA) is 52.3 Å². The van der Waals surface area contributed by atoms with Crippen LogP contribution < -0.4 is 10.5 Å². The molecule has 1 saturated carbocycles. The Morgan fingerprint density at radius 1 is 1.14 bits per heavy atom. The molecule has 2 aromatic carbocycles. The van der Waals surface area contributed by atoms with Crippen LogP contribution in [0.2, 0.25) is 0 Å². The fourth-order valence-corrected chi connectivity index (χ4v) is 2.80. The summed E-state index contributed by atoms with van der Waals surface area (Å²) in [5, 5.41) is 0. The molecule has 0 bridgehead atoms. The van der Waals surface area contributed by atoms with E-state index < -0.39 is 0 Å². The molecule has 3 rings (SSSR count). The van der Waals surface area contributed by atoms with Crippen LogP contribution in [0.5, 0.6) is 5.75 Å². The first-order chi connectivity index (χ1) is 10.2. The summed E-state index contributed by atoms with van der Waals surface area (Å²) in [6.07, 6.45) is 3.59. The highest BCUT2D eigenvalue weighted by Gasteiger charge is 2.25. The van der Waals surface area contributed by atoms with Crippen LogP contribution in [0, 0.1) is 0 Å². The van der Waals surface area contributed by atoms with Crippen molar-refractivity contribution >= 4 is 11.5 Å². The van der Waals surface area contributed by atoms with Gasteiger partial charge in [-0.05, 0) is 36.5 Å². The van der Waals surface area contributed by atoms with Gasteiger partial charge in [0.05, 0.1) is 7.11 Å². The van der Waals surface area contributed by atoms with E-state index in [1.807, 2.05) is 18.2 Å². The number of hydrogen-bond donors (Lipinski definition) is 1. The molecular weight excluding hydrogens is 262 g/mol. The van der Waals surface area contributed by atoms with Crippen LogP contribution in [0.15, 0.2) is 42.5 Å². The lowest BCUT2D eigenvalue weighted by Gasteiger charge is -2.27. The second-order valence-corrected chi connectivity index (χ2v) is 5.50. The average molecular weight is 281 g/mol. The molecule has 1 aliphatic rings. The third kappa shape index (κ3) is 2.51. The molecule has 21 heavy (non-hydrogen) atoms. The zero-order valence-corrected chi connectivity index (χ0v) is 12.1. The van der Waals surface area contributed by atoms with Crippen LogP contribution in [0.4, 0.5) is 5.69 Å². The maximum absolute atomic E-state index is 12.8. The molecule has 1 fully saturated rings. The maximum Gasteiger partial charge on any atom is 0.195 e. The quantitative estimate of drug-likeness (QED) is 0.685. The Morgan fingerprint density at radius 3 is 2.52 bits per heavy atom. The highest BCUT2D eigenvalue weighted by molar-refractivity contribution is 6.13. The Balaban J connectivity index is 1.99. The molecule has 0 unspecified atom stereocenters. The van der Waals surface area contributed by atoms with Crippen LogP contribution >= 0.6 is 0 Å². The van der Waals surface area contributed by atoms with E-state index in [1.165, 1.54) is 19.3 Å². The highest BCUT2D eigenvalue weighted by atomic mass is 16.5. The number of ether oxygens (including phenoxy) is 1. The van der Waals surface area contributed by atoms with Crippen molar-refractivity contribution in [2.75, 3.05) is 12.8 Å². The van der Waals surface area contributed by atoms with Crippen LogP contribution in [0.1, 0.15) is 46.7 Å². The second-order valence-electron chi connectivity index (χ2n) is 5.50. The summed E-state index contributed by atoms with van der Waals surface area (Å²) in [4.78, 5) is 12.8. The van der Waals surface area contributed by atoms with Gasteiger partial charge in [-0.3, -0.25) is 4.79 Å². The first-order valence-electron chi connectivity index (χ1n) is 7.28. The Kier molecular flexibility index (Phi) is 3.65. The lowest BCUT2D eigenvalue weighted by molar-refractivity contribution is 0.103. The van der Waals surface area contributed by atoms with Gasteiger partial charge in [0.15, 0.2) is 5.78 Å². The number of nitrogen functional groups attached to an aromatic ring is 1. The third-order valence-electron chi connectivity index (χ3n) is 4.25. The van der Waals surface area contributed by atoms with E-state index in [2.05, 4.69) is 6.07 Å². The van der Waals surface area contributed by atoms with Crippen molar-refractivity contribution in [3.8, 4) is 5.75 Å². The SMILES string of the molecule is COc1ccc(C(=O)c2ccccc2C2CCC2)c(N)c1. The van der Waals surface area contributed by atoms with E-state index >= 15 is 0 Å². The largest absolute Gasteiger partial charge is 0.497 e. The van der Waals surface area contributed by atoms with Gasteiger partial charge in [-0.25, -0.2) is 0 Å². The van der Waals surface area contributed by atoms with E-state index in [-0.39, 0.29) is 5.78 Å². The lowest BCUT2D eigenvalue weighted by atomic mass is 9.77. The van der Waals surface area contributed by atoms with Crippen molar-refractivity contribution in [2.45, 2.75) is 25.2 Å². The predicted octanol–water partition coefficient (Wildman–Crippen LogP) is 3.78. The van der Waals surface area contributed by atoms with E-state index in [9.17, 15) is 4.79 Å². The Hall–Kier alpha value is -2.29. The summed E-state index contributed by atoms with van der Waals surface area (Å²) in [6.45, 7) is 0. The van der Waals surface area contributed by atoms with Crippen molar-refractivity contribution in [3.05, 3.63) is 59.2 Å². The molecule has 3 nitrogen and oxygen atoms in total. The molecule has 2 aromatic rings. The average Bonchev–Trinajstić information content (AvgIpc) is 2.45. The summed E-state index contributed by atoms with van der Waals surface area (Å²) in [5.41, 5.74) is 8.95. The smallest absolute Gasteiger partial charge is 0.195 e. The van der Waals surface area contributed by atoms with Crippen LogP contribution in [-0.2, 0) is 0 Å². The number of carbonyl (C=O) groups is 1. The van der Waals surface area contributed by atoms with Crippen LogP contribution in [0.3, 0.4) is 0 Å².